The van der Waals surface area contributed by atoms with E-state index in [2.05, 4.69) is 151 Å². The molecule has 0 unspecified atom stereocenters. The van der Waals surface area contributed by atoms with Crippen LogP contribution in [0.15, 0.2) is 113 Å². The van der Waals surface area contributed by atoms with Crippen LogP contribution in [-0.2, 0) is 35.5 Å². The minimum absolute atomic E-state index is 0. The Labute approximate surface area is 266 Å². The monoisotopic (exact) mass is 672 g/mol. The molecule has 0 aliphatic heterocycles. The first kappa shape index (κ1) is 32.6. The Balaban J connectivity index is 0.00000202. The Morgan fingerprint density at radius 3 is 1.74 bits per heavy atom. The van der Waals surface area contributed by atoms with Gasteiger partial charge in [-0.2, -0.15) is 0 Å². The molecule has 0 radical (unpaired) electrons. The summed E-state index contributed by atoms with van der Waals surface area (Å²) in [5.41, 5.74) is 8.72. The van der Waals surface area contributed by atoms with Gasteiger partial charge in [0.2, 0.25) is 0 Å². The molecule has 0 bridgehead atoms. The van der Waals surface area contributed by atoms with Crippen LogP contribution < -0.4 is 9.81 Å². The Morgan fingerprint density at radius 2 is 1.24 bits per heavy atom. The molecule has 4 aromatic carbocycles. The van der Waals surface area contributed by atoms with E-state index in [1.807, 2.05) is 0 Å². The Kier molecular flexibility index (Phi) is 8.79. The first-order valence-electron chi connectivity index (χ1n) is 14.7. The van der Waals surface area contributed by atoms with Gasteiger partial charge in [0.15, 0.2) is 0 Å². The van der Waals surface area contributed by atoms with Crippen molar-refractivity contribution in [3.8, 4) is 11.1 Å². The quantitative estimate of drug-likeness (QED) is 0.179. The molecule has 0 amide bonds. The Morgan fingerprint density at radius 1 is 0.667 bits per heavy atom. The van der Waals surface area contributed by atoms with Gasteiger partial charge >= 0.3 is 243 Å². The number of allylic oxidation sites excluding steroid dienone is 4. The van der Waals surface area contributed by atoms with E-state index in [-0.39, 0.29) is 35.6 Å². The van der Waals surface area contributed by atoms with Crippen LogP contribution in [0.2, 0.25) is 0 Å². The maximum atomic E-state index is 5.67. The fourth-order valence-electron chi connectivity index (χ4n) is 7.45. The van der Waals surface area contributed by atoms with E-state index in [1.165, 1.54) is 43.2 Å². The average molecular weight is 675 g/mol. The van der Waals surface area contributed by atoms with Gasteiger partial charge in [0.1, 0.15) is 0 Å². The number of hydrogen-bond donors (Lipinski definition) is 0. The molecule has 3 heteroatoms. The van der Waals surface area contributed by atoms with E-state index in [0.717, 1.165) is 12.8 Å². The molecule has 2 aliphatic carbocycles. The molecule has 0 aromatic heterocycles. The van der Waals surface area contributed by atoms with Gasteiger partial charge in [-0.1, -0.05) is 0 Å². The summed E-state index contributed by atoms with van der Waals surface area (Å²) >= 11 is -4.72. The maximum absolute atomic E-state index is 5.67. The molecular weight excluding hydrogens is 631 g/mol. The van der Waals surface area contributed by atoms with E-state index in [1.54, 1.807) is 3.27 Å². The summed E-state index contributed by atoms with van der Waals surface area (Å²) in [5.74, 6) is 0. The minimum atomic E-state index is -4.72. The molecule has 6 rings (SSSR count). The molecule has 2 aliphatic rings. The predicted octanol–water partition coefficient (Wildman–Crippen LogP) is 8.94. The van der Waals surface area contributed by atoms with E-state index >= 15 is 0 Å². The third-order valence-corrected chi connectivity index (χ3v) is 26.0. The Hall–Kier alpha value is -2.31. The second-order valence-electron chi connectivity index (χ2n) is 14.1. The van der Waals surface area contributed by atoms with Crippen molar-refractivity contribution in [1.82, 2.24) is 0 Å². The molecular formula is C39H44Cl2Zr. The third kappa shape index (κ3) is 4.81. The fraction of sp³-hybridized carbons (Fsp3) is 0.256. The zero-order valence-corrected chi connectivity index (χ0v) is 29.9. The normalized spacial score (nSPS) is 14.4. The summed E-state index contributed by atoms with van der Waals surface area (Å²) in [6.45, 7) is 14.1. The second-order valence-corrected chi connectivity index (χ2v) is 26.9. The molecule has 4 aromatic rings. The van der Waals surface area contributed by atoms with Crippen molar-refractivity contribution in [3.05, 3.63) is 135 Å². The van der Waals surface area contributed by atoms with E-state index in [4.69, 9.17) is 4.21 Å². The third-order valence-electron chi connectivity index (χ3n) is 9.60. The number of hydrogen-bond acceptors (Lipinski definition) is 0. The topological polar surface area (TPSA) is 0 Å². The van der Waals surface area contributed by atoms with Crippen molar-refractivity contribution < 1.29 is 18.3 Å². The first-order valence-corrected chi connectivity index (χ1v) is 21.4. The molecule has 42 heavy (non-hydrogen) atoms. The zero-order chi connectivity index (χ0) is 28.4. The zero-order valence-electron chi connectivity index (χ0n) is 25.8. The van der Waals surface area contributed by atoms with Crippen LogP contribution in [0.3, 0.4) is 0 Å². The molecule has 0 atom stereocenters. The SMILES string of the molecule is Cl.Cl.[CH2]=[Zr]([C]1=CC=CC1)([c]1ccccc1)([c]1ccccc1)[c]1c(C(C)(C)C)ccc2c1Cc1cc(C(C)(C)C)ccc1-2. The van der Waals surface area contributed by atoms with Gasteiger partial charge in [-0.15, -0.1) is 24.8 Å². The molecule has 0 spiro atoms. The molecule has 0 fully saturated rings. The summed E-state index contributed by atoms with van der Waals surface area (Å²) in [5, 5.41) is 0. The van der Waals surface area contributed by atoms with Gasteiger partial charge in [-0.05, 0) is 0 Å². The number of fused-ring (bicyclic) bond motifs is 3. The molecule has 0 N–H and O–H groups in total. The van der Waals surface area contributed by atoms with Crippen molar-refractivity contribution >= 4 is 38.8 Å². The number of benzene rings is 4. The van der Waals surface area contributed by atoms with Gasteiger partial charge in [0, 0.05) is 0 Å². The van der Waals surface area contributed by atoms with Crippen molar-refractivity contribution in [1.29, 1.82) is 0 Å². The van der Waals surface area contributed by atoms with E-state index in [9.17, 15) is 0 Å². The summed E-state index contributed by atoms with van der Waals surface area (Å²) in [7, 11) is 0. The van der Waals surface area contributed by atoms with Crippen LogP contribution in [0.25, 0.3) is 11.1 Å². The van der Waals surface area contributed by atoms with Gasteiger partial charge in [-0.3, -0.25) is 0 Å². The van der Waals surface area contributed by atoms with Crippen LogP contribution in [0, 0.1) is 0 Å². The summed E-state index contributed by atoms with van der Waals surface area (Å²) in [6, 6.07) is 34.8. The van der Waals surface area contributed by atoms with Crippen molar-refractivity contribution in [2.75, 3.05) is 0 Å². The van der Waals surface area contributed by atoms with Crippen LogP contribution in [-0.4, -0.2) is 4.21 Å². The predicted molar refractivity (Wildman–Crippen MR) is 187 cm³/mol. The van der Waals surface area contributed by atoms with E-state index < -0.39 is 18.3 Å². The van der Waals surface area contributed by atoms with Crippen LogP contribution in [0.5, 0.6) is 0 Å². The fourth-order valence-corrected chi connectivity index (χ4v) is 24.2. The standard InChI is InChI=1S/C21H25.2C6H5.C5H5.CH2.2ClH.Zr/c1-20(2,3)16-7-9-18-14(12-16)11-15-13-17(21(4,5)6)8-10-19(15)18;2*1-2-4-6-5-3-1;1-2-4-5-3-1;;;;/h7-10,12H,11H2,1-6H3;2*1-5H;1-3H,4H2;1H2;2*1H;. The van der Waals surface area contributed by atoms with Crippen LogP contribution >= 0.6 is 24.8 Å². The molecule has 0 saturated heterocycles. The number of rotatable bonds is 4. The Bertz CT molecular complexity index is 1700. The summed E-state index contributed by atoms with van der Waals surface area (Å²) < 4.78 is 11.6. The van der Waals surface area contributed by atoms with Gasteiger partial charge in [-0.25, -0.2) is 0 Å². The summed E-state index contributed by atoms with van der Waals surface area (Å²) in [4.78, 5) is 0. The summed E-state index contributed by atoms with van der Waals surface area (Å²) in [6.07, 6.45) is 8.96. The van der Waals surface area contributed by atoms with Gasteiger partial charge < -0.3 is 0 Å². The molecule has 0 saturated carbocycles. The van der Waals surface area contributed by atoms with Crippen LogP contribution in [0.1, 0.15) is 70.2 Å². The van der Waals surface area contributed by atoms with Crippen LogP contribution in [0.4, 0.5) is 0 Å². The van der Waals surface area contributed by atoms with E-state index in [0.29, 0.717) is 0 Å². The molecule has 0 nitrogen and oxygen atoms in total. The van der Waals surface area contributed by atoms with Gasteiger partial charge in [0.05, 0.1) is 0 Å². The first-order chi connectivity index (χ1) is 18.9. The van der Waals surface area contributed by atoms with Crippen molar-refractivity contribution in [3.63, 3.8) is 0 Å². The van der Waals surface area contributed by atoms with Gasteiger partial charge in [0.25, 0.3) is 0 Å². The molecule has 218 valence electrons. The second kappa shape index (κ2) is 11.3. The number of halogens is 2. The van der Waals surface area contributed by atoms with Crippen molar-refractivity contribution in [2.45, 2.75) is 65.2 Å². The molecule has 0 heterocycles. The van der Waals surface area contributed by atoms with Crippen molar-refractivity contribution in [2.24, 2.45) is 0 Å². The average Bonchev–Trinajstić information content (AvgIpc) is 3.61.